The summed E-state index contributed by atoms with van der Waals surface area (Å²) < 4.78 is 6.48. The molecular formula is C30H35N3O4S. The molecule has 0 radical (unpaired) electrons. The number of rotatable bonds is 6. The van der Waals surface area contributed by atoms with Crippen molar-refractivity contribution < 1.29 is 14.6 Å². The van der Waals surface area contributed by atoms with Gasteiger partial charge in [-0.05, 0) is 72.0 Å². The van der Waals surface area contributed by atoms with E-state index in [9.17, 15) is 14.7 Å². The number of carboxylic acid groups (broad SMARTS) is 1. The van der Waals surface area contributed by atoms with Crippen molar-refractivity contribution in [1.29, 1.82) is 0 Å². The zero-order valence-electron chi connectivity index (χ0n) is 22.3. The second-order valence-electron chi connectivity index (χ2n) is 11.3. The van der Waals surface area contributed by atoms with Crippen LogP contribution in [0.1, 0.15) is 39.2 Å². The molecule has 1 aliphatic rings. The predicted molar refractivity (Wildman–Crippen MR) is 154 cm³/mol. The van der Waals surface area contributed by atoms with Crippen LogP contribution < -0.4 is 15.6 Å². The molecule has 1 amide bonds. The molecule has 2 aromatic carbocycles. The van der Waals surface area contributed by atoms with Gasteiger partial charge in [-0.15, -0.1) is 11.3 Å². The molecule has 4 aromatic rings. The van der Waals surface area contributed by atoms with Gasteiger partial charge in [-0.25, -0.2) is 4.79 Å². The summed E-state index contributed by atoms with van der Waals surface area (Å²) in [6.45, 7) is 9.06. The third-order valence-electron chi connectivity index (χ3n) is 7.74. The van der Waals surface area contributed by atoms with Crippen LogP contribution >= 0.6 is 11.3 Å². The highest BCUT2D eigenvalue weighted by molar-refractivity contribution is 7.17. The number of aromatic amines is 1. The number of hydrogen-bond acceptors (Lipinski definition) is 5. The number of aromatic nitrogens is 1. The first-order valence-electron chi connectivity index (χ1n) is 13.1. The van der Waals surface area contributed by atoms with Crippen molar-refractivity contribution in [2.24, 2.45) is 11.3 Å². The Balaban J connectivity index is 1.35. The molecule has 0 spiro atoms. The normalized spacial score (nSPS) is 16.1. The van der Waals surface area contributed by atoms with Crippen LogP contribution in [-0.2, 0) is 6.54 Å². The molecule has 0 bridgehead atoms. The number of H-pyrrole nitrogens is 1. The quantitative estimate of drug-likeness (QED) is 0.270. The molecule has 3 N–H and O–H groups in total. The maximum absolute atomic E-state index is 12.5. The molecule has 3 heterocycles. The van der Waals surface area contributed by atoms with E-state index in [1.54, 1.807) is 7.11 Å². The van der Waals surface area contributed by atoms with E-state index >= 15 is 0 Å². The minimum Gasteiger partial charge on any atom is -0.496 e. The monoisotopic (exact) mass is 533 g/mol. The van der Waals surface area contributed by atoms with Crippen molar-refractivity contribution in [3.63, 3.8) is 0 Å². The number of nitrogens with zero attached hydrogens (tertiary/aromatic N) is 1. The molecule has 1 fully saturated rings. The van der Waals surface area contributed by atoms with Crippen molar-refractivity contribution >= 4 is 38.4 Å². The smallest absolute Gasteiger partial charge is 0.404 e. The topological polar surface area (TPSA) is 94.7 Å². The minimum atomic E-state index is -0.943. The van der Waals surface area contributed by atoms with Crippen LogP contribution in [0.3, 0.4) is 0 Å². The van der Waals surface area contributed by atoms with Gasteiger partial charge in [0.25, 0.3) is 5.56 Å². The molecule has 7 nitrogen and oxygen atoms in total. The van der Waals surface area contributed by atoms with Crippen molar-refractivity contribution in [2.45, 2.75) is 46.2 Å². The molecule has 2 aromatic heterocycles. The maximum Gasteiger partial charge on any atom is 0.404 e. The van der Waals surface area contributed by atoms with E-state index in [4.69, 9.17) is 4.74 Å². The number of methoxy groups -OCH3 is 1. The predicted octanol–water partition coefficient (Wildman–Crippen LogP) is 6.31. The molecule has 0 saturated carbocycles. The van der Waals surface area contributed by atoms with Crippen LogP contribution in [0.4, 0.5) is 4.79 Å². The summed E-state index contributed by atoms with van der Waals surface area (Å²) in [7, 11) is 1.68. The van der Waals surface area contributed by atoms with Crippen LogP contribution in [0.15, 0.2) is 52.6 Å². The van der Waals surface area contributed by atoms with Crippen LogP contribution in [0.5, 0.6) is 5.75 Å². The van der Waals surface area contributed by atoms with E-state index in [1.165, 1.54) is 16.9 Å². The molecule has 8 heteroatoms. The van der Waals surface area contributed by atoms with Gasteiger partial charge in [0, 0.05) is 34.4 Å². The largest absolute Gasteiger partial charge is 0.496 e. The van der Waals surface area contributed by atoms with Gasteiger partial charge in [0.2, 0.25) is 0 Å². The maximum atomic E-state index is 12.5. The van der Waals surface area contributed by atoms with E-state index in [0.717, 1.165) is 70.3 Å². The van der Waals surface area contributed by atoms with Gasteiger partial charge in [-0.1, -0.05) is 45.0 Å². The number of carbonyl (C=O) groups is 1. The van der Waals surface area contributed by atoms with E-state index in [1.807, 2.05) is 23.6 Å². The van der Waals surface area contributed by atoms with Gasteiger partial charge in [-0.2, -0.15) is 0 Å². The summed E-state index contributed by atoms with van der Waals surface area (Å²) >= 11 is 1.45. The number of amides is 1. The van der Waals surface area contributed by atoms with Gasteiger partial charge in [0.05, 0.1) is 7.11 Å². The second-order valence-corrected chi connectivity index (χ2v) is 12.2. The lowest BCUT2D eigenvalue weighted by Crippen LogP contribution is -2.51. The highest BCUT2D eigenvalue weighted by Gasteiger charge is 2.35. The molecular weight excluding hydrogens is 498 g/mol. The SMILES string of the molecule is COc1ccc2[nH]c(=O)c3sccc3c2c1-c1ccc(CN2CCC(C(NC(=O)O)C(C)(C)C)CC2)cc1. The number of pyridine rings is 1. The molecule has 0 aliphatic carbocycles. The van der Waals surface area contributed by atoms with Gasteiger partial charge in [0.1, 0.15) is 10.4 Å². The number of fused-ring (bicyclic) bond motifs is 3. The van der Waals surface area contributed by atoms with Gasteiger partial charge in [0.15, 0.2) is 0 Å². The first-order chi connectivity index (χ1) is 18.2. The minimum absolute atomic E-state index is 0.0539. The number of likely N-dealkylation sites (tertiary alicyclic amines) is 1. The van der Waals surface area contributed by atoms with Crippen molar-refractivity contribution in [3.05, 3.63) is 63.8 Å². The summed E-state index contributed by atoms with van der Waals surface area (Å²) in [5.41, 5.74) is 3.88. The lowest BCUT2D eigenvalue weighted by molar-refractivity contribution is 0.102. The summed E-state index contributed by atoms with van der Waals surface area (Å²) in [4.78, 5) is 29.4. The molecule has 1 saturated heterocycles. The van der Waals surface area contributed by atoms with Gasteiger partial charge >= 0.3 is 6.09 Å². The van der Waals surface area contributed by atoms with E-state index in [0.29, 0.717) is 5.92 Å². The van der Waals surface area contributed by atoms with Crippen molar-refractivity contribution in [1.82, 2.24) is 15.2 Å². The number of nitrogens with one attached hydrogen (secondary N) is 2. The lowest BCUT2D eigenvalue weighted by Gasteiger charge is -2.41. The lowest BCUT2D eigenvalue weighted by atomic mass is 9.75. The number of ether oxygens (including phenoxy) is 1. The average Bonchev–Trinajstić information content (AvgIpc) is 3.38. The first kappa shape index (κ1) is 26.3. The van der Waals surface area contributed by atoms with Gasteiger partial charge < -0.3 is 20.1 Å². The first-order valence-corrected chi connectivity index (χ1v) is 13.9. The summed E-state index contributed by atoms with van der Waals surface area (Å²) in [6.07, 6.45) is 1.01. The molecule has 1 unspecified atom stereocenters. The molecule has 1 atom stereocenters. The Bertz CT molecular complexity index is 1510. The Hall–Kier alpha value is -3.36. The van der Waals surface area contributed by atoms with Crippen molar-refractivity contribution in [3.8, 4) is 16.9 Å². The zero-order valence-corrected chi connectivity index (χ0v) is 23.2. The Morgan fingerprint density at radius 3 is 2.50 bits per heavy atom. The fourth-order valence-corrected chi connectivity index (χ4v) is 6.73. The highest BCUT2D eigenvalue weighted by Crippen LogP contribution is 2.40. The van der Waals surface area contributed by atoms with Crippen LogP contribution in [0.2, 0.25) is 0 Å². The standard InChI is InChI=1S/C30H35N3O4S/c1-30(2,3)27(32-29(35)36)20-11-14-33(15-12-20)17-18-5-7-19(8-6-18)24-23(37-4)10-9-22-25(24)21-13-16-38-26(21)28(34)31-22/h5-10,13,16,20,27,32H,11-12,14-15,17H2,1-4H3,(H,31,34)(H,35,36). The zero-order chi connectivity index (χ0) is 27.0. The van der Waals surface area contributed by atoms with E-state index < -0.39 is 6.09 Å². The Labute approximate surface area is 226 Å². The second kappa shape index (κ2) is 10.4. The molecule has 200 valence electrons. The Kier molecular flexibility index (Phi) is 7.20. The number of piperidine rings is 1. The van der Waals surface area contributed by atoms with Crippen LogP contribution in [0.25, 0.3) is 32.1 Å². The fourth-order valence-electron chi connectivity index (χ4n) is 5.94. The molecule has 38 heavy (non-hydrogen) atoms. The average molecular weight is 534 g/mol. The number of benzene rings is 2. The fraction of sp³-hybridized carbons (Fsp3) is 0.400. The number of hydrogen-bond donors (Lipinski definition) is 3. The van der Waals surface area contributed by atoms with E-state index in [2.05, 4.69) is 60.2 Å². The van der Waals surface area contributed by atoms with E-state index in [-0.39, 0.29) is 17.0 Å². The molecule has 5 rings (SSSR count). The molecule has 1 aliphatic heterocycles. The highest BCUT2D eigenvalue weighted by atomic mass is 32.1. The third kappa shape index (κ3) is 5.15. The van der Waals surface area contributed by atoms with Gasteiger partial charge in [-0.3, -0.25) is 9.69 Å². The summed E-state index contributed by atoms with van der Waals surface area (Å²) in [5.74, 6) is 1.11. The van der Waals surface area contributed by atoms with Crippen molar-refractivity contribution in [2.75, 3.05) is 20.2 Å². The summed E-state index contributed by atoms with van der Waals surface area (Å²) in [5, 5.41) is 16.0. The van der Waals surface area contributed by atoms with Crippen LogP contribution in [0, 0.1) is 11.3 Å². The Morgan fingerprint density at radius 1 is 1.16 bits per heavy atom. The van der Waals surface area contributed by atoms with Crippen LogP contribution in [-0.4, -0.2) is 47.3 Å². The Morgan fingerprint density at radius 2 is 1.87 bits per heavy atom. The number of thiophene rings is 1. The third-order valence-corrected chi connectivity index (χ3v) is 8.65. The summed E-state index contributed by atoms with van der Waals surface area (Å²) in [6, 6.07) is 14.4.